The minimum atomic E-state index is -3.84. The van der Waals surface area contributed by atoms with Crippen LogP contribution in [0.15, 0.2) is 77.7 Å². The lowest BCUT2D eigenvalue weighted by Gasteiger charge is -2.31. The first-order valence-corrected chi connectivity index (χ1v) is 12.1. The summed E-state index contributed by atoms with van der Waals surface area (Å²) in [6.07, 6.45) is 0.900. The number of hydrogen-bond donors (Lipinski definition) is 1. The van der Waals surface area contributed by atoms with Gasteiger partial charge in [-0.05, 0) is 47.9 Å². The SMILES string of the molecule is CN(C)c1ccc(C(CNS(=O)(=O)c2ccc([N+](=O)[O-])cc2)N2CCc3ccccc32)cc1. The molecule has 0 aliphatic carbocycles. The second-order valence-electron chi connectivity index (χ2n) is 8.18. The fraction of sp³-hybridized carbons (Fsp3) is 0.250. The van der Waals surface area contributed by atoms with Crippen molar-refractivity contribution >= 4 is 27.1 Å². The first-order valence-electron chi connectivity index (χ1n) is 10.6. The minimum absolute atomic E-state index is 0.00312. The number of sulfonamides is 1. The van der Waals surface area contributed by atoms with E-state index in [0.717, 1.165) is 29.9 Å². The summed E-state index contributed by atoms with van der Waals surface area (Å²) in [4.78, 5) is 14.6. The number of nitrogens with one attached hydrogen (secondary N) is 1. The number of nitro benzene ring substituents is 1. The van der Waals surface area contributed by atoms with Gasteiger partial charge in [0, 0.05) is 50.7 Å². The van der Waals surface area contributed by atoms with E-state index in [1.807, 2.05) is 55.4 Å². The van der Waals surface area contributed by atoms with Crippen LogP contribution in [-0.4, -0.2) is 40.5 Å². The predicted molar refractivity (Wildman–Crippen MR) is 129 cm³/mol. The summed E-state index contributed by atoms with van der Waals surface area (Å²) in [6, 6.07) is 21.0. The Morgan fingerprint density at radius 3 is 2.33 bits per heavy atom. The van der Waals surface area contributed by atoms with Crippen LogP contribution in [0.1, 0.15) is 17.2 Å². The highest BCUT2D eigenvalue weighted by Gasteiger charge is 2.28. The van der Waals surface area contributed by atoms with E-state index >= 15 is 0 Å². The van der Waals surface area contributed by atoms with Gasteiger partial charge in [0.15, 0.2) is 0 Å². The highest BCUT2D eigenvalue weighted by Crippen LogP contribution is 2.35. The molecular formula is C24H26N4O4S. The molecule has 9 heteroatoms. The van der Waals surface area contributed by atoms with Gasteiger partial charge in [0.05, 0.1) is 15.9 Å². The van der Waals surface area contributed by atoms with Crippen LogP contribution in [0.5, 0.6) is 0 Å². The summed E-state index contributed by atoms with van der Waals surface area (Å²) in [5, 5.41) is 10.9. The summed E-state index contributed by atoms with van der Waals surface area (Å²) in [5.74, 6) is 0. The number of benzene rings is 3. The molecule has 172 valence electrons. The molecule has 3 aromatic carbocycles. The fourth-order valence-corrected chi connectivity index (χ4v) is 5.15. The molecule has 33 heavy (non-hydrogen) atoms. The second-order valence-corrected chi connectivity index (χ2v) is 9.94. The van der Waals surface area contributed by atoms with Crippen LogP contribution in [0.2, 0.25) is 0 Å². The Kier molecular flexibility index (Phi) is 6.35. The van der Waals surface area contributed by atoms with E-state index in [2.05, 4.69) is 21.8 Å². The summed E-state index contributed by atoms with van der Waals surface area (Å²) in [5.41, 5.74) is 4.26. The Morgan fingerprint density at radius 1 is 1.03 bits per heavy atom. The molecule has 0 fully saturated rings. The second kappa shape index (κ2) is 9.21. The number of non-ortho nitro benzene ring substituents is 1. The topological polar surface area (TPSA) is 95.8 Å². The molecule has 3 aromatic rings. The smallest absolute Gasteiger partial charge is 0.269 e. The third kappa shape index (κ3) is 4.84. The predicted octanol–water partition coefficient (Wildman–Crippen LogP) is 3.74. The summed E-state index contributed by atoms with van der Waals surface area (Å²) in [6.45, 7) is 0.952. The van der Waals surface area contributed by atoms with Crippen LogP contribution in [0.4, 0.5) is 17.1 Å². The number of para-hydroxylation sites is 1. The van der Waals surface area contributed by atoms with Gasteiger partial charge in [-0.25, -0.2) is 13.1 Å². The van der Waals surface area contributed by atoms with E-state index in [4.69, 9.17) is 0 Å². The Balaban J connectivity index is 1.62. The molecule has 0 aromatic heterocycles. The number of nitro groups is 1. The van der Waals surface area contributed by atoms with Gasteiger partial charge in [-0.1, -0.05) is 30.3 Å². The normalized spacial score (nSPS) is 14.1. The zero-order chi connectivity index (χ0) is 23.6. The van der Waals surface area contributed by atoms with Crippen molar-refractivity contribution in [3.8, 4) is 0 Å². The van der Waals surface area contributed by atoms with Crippen molar-refractivity contribution in [2.75, 3.05) is 37.0 Å². The zero-order valence-corrected chi connectivity index (χ0v) is 19.3. The third-order valence-corrected chi connectivity index (χ3v) is 7.36. The molecule has 0 amide bonds. The van der Waals surface area contributed by atoms with E-state index < -0.39 is 14.9 Å². The zero-order valence-electron chi connectivity index (χ0n) is 18.5. The molecule has 1 unspecified atom stereocenters. The monoisotopic (exact) mass is 466 g/mol. The Bertz CT molecular complexity index is 1240. The molecule has 0 spiro atoms. The highest BCUT2D eigenvalue weighted by molar-refractivity contribution is 7.89. The lowest BCUT2D eigenvalue weighted by Crippen LogP contribution is -2.37. The number of fused-ring (bicyclic) bond motifs is 1. The van der Waals surface area contributed by atoms with Crippen molar-refractivity contribution in [2.24, 2.45) is 0 Å². The molecule has 1 aliphatic heterocycles. The van der Waals surface area contributed by atoms with Crippen molar-refractivity contribution in [2.45, 2.75) is 17.4 Å². The quantitative estimate of drug-likeness (QED) is 0.401. The largest absolute Gasteiger partial charge is 0.378 e. The standard InChI is InChI=1S/C24H26N4O4S/c1-26(2)20-9-7-19(8-10-20)24(27-16-15-18-5-3-4-6-23(18)27)17-25-33(31,32)22-13-11-21(12-14-22)28(29)30/h3-14,24-25H,15-17H2,1-2H3. The fourth-order valence-electron chi connectivity index (χ4n) is 4.11. The molecule has 8 nitrogen and oxygen atoms in total. The first-order chi connectivity index (χ1) is 15.8. The van der Waals surface area contributed by atoms with Gasteiger partial charge < -0.3 is 9.80 Å². The Labute approximate surface area is 193 Å². The van der Waals surface area contributed by atoms with Crippen LogP contribution in [-0.2, 0) is 16.4 Å². The summed E-state index contributed by atoms with van der Waals surface area (Å²) in [7, 11) is 0.106. The van der Waals surface area contributed by atoms with Crippen molar-refractivity contribution in [3.05, 3.63) is 94.0 Å². The van der Waals surface area contributed by atoms with E-state index in [1.165, 1.54) is 29.8 Å². The molecule has 0 bridgehead atoms. The average Bonchev–Trinajstić information content (AvgIpc) is 3.23. The number of anilines is 2. The van der Waals surface area contributed by atoms with Crippen LogP contribution in [0.25, 0.3) is 0 Å². The van der Waals surface area contributed by atoms with Crippen molar-refractivity contribution in [1.29, 1.82) is 0 Å². The summed E-state index contributed by atoms with van der Waals surface area (Å²) < 4.78 is 28.6. The molecule has 1 N–H and O–H groups in total. The summed E-state index contributed by atoms with van der Waals surface area (Å²) >= 11 is 0. The van der Waals surface area contributed by atoms with Gasteiger partial charge in [-0.3, -0.25) is 10.1 Å². The Hall–Kier alpha value is -3.43. The van der Waals surface area contributed by atoms with Crippen molar-refractivity contribution in [3.63, 3.8) is 0 Å². The molecule has 4 rings (SSSR count). The number of rotatable bonds is 8. The highest BCUT2D eigenvalue weighted by atomic mass is 32.2. The maximum Gasteiger partial charge on any atom is 0.269 e. The molecule has 1 atom stereocenters. The number of hydrogen-bond acceptors (Lipinski definition) is 6. The molecule has 0 saturated carbocycles. The van der Waals surface area contributed by atoms with E-state index in [0.29, 0.717) is 0 Å². The minimum Gasteiger partial charge on any atom is -0.378 e. The Morgan fingerprint density at radius 2 is 1.70 bits per heavy atom. The van der Waals surface area contributed by atoms with Crippen LogP contribution >= 0.6 is 0 Å². The first kappa shape index (κ1) is 22.8. The van der Waals surface area contributed by atoms with Crippen molar-refractivity contribution < 1.29 is 13.3 Å². The lowest BCUT2D eigenvalue weighted by atomic mass is 10.0. The maximum absolute atomic E-state index is 12.9. The van der Waals surface area contributed by atoms with Crippen LogP contribution in [0, 0.1) is 10.1 Å². The number of nitrogens with zero attached hydrogens (tertiary/aromatic N) is 3. The van der Waals surface area contributed by atoms with Crippen LogP contribution < -0.4 is 14.5 Å². The van der Waals surface area contributed by atoms with Gasteiger partial charge in [0.25, 0.3) is 5.69 Å². The van der Waals surface area contributed by atoms with Crippen molar-refractivity contribution in [1.82, 2.24) is 4.72 Å². The van der Waals surface area contributed by atoms with E-state index in [-0.39, 0.29) is 23.2 Å². The molecule has 0 radical (unpaired) electrons. The lowest BCUT2D eigenvalue weighted by molar-refractivity contribution is -0.384. The van der Waals surface area contributed by atoms with E-state index in [9.17, 15) is 18.5 Å². The maximum atomic E-state index is 12.9. The molecule has 1 heterocycles. The van der Waals surface area contributed by atoms with Gasteiger partial charge >= 0.3 is 0 Å². The van der Waals surface area contributed by atoms with Crippen LogP contribution in [0.3, 0.4) is 0 Å². The van der Waals surface area contributed by atoms with Gasteiger partial charge in [-0.15, -0.1) is 0 Å². The van der Waals surface area contributed by atoms with Gasteiger partial charge in [0.1, 0.15) is 0 Å². The molecule has 1 aliphatic rings. The molecule has 0 saturated heterocycles. The third-order valence-electron chi connectivity index (χ3n) is 5.92. The molecular weight excluding hydrogens is 440 g/mol. The average molecular weight is 467 g/mol. The van der Waals surface area contributed by atoms with Gasteiger partial charge in [-0.2, -0.15) is 0 Å². The van der Waals surface area contributed by atoms with E-state index in [1.54, 1.807) is 0 Å². The van der Waals surface area contributed by atoms with Gasteiger partial charge in [0.2, 0.25) is 10.0 Å².